The fourth-order valence-electron chi connectivity index (χ4n) is 3.93. The summed E-state index contributed by atoms with van der Waals surface area (Å²) in [6.45, 7) is 5.68. The molecule has 1 heterocycles. The highest BCUT2D eigenvalue weighted by Crippen LogP contribution is 2.31. The van der Waals surface area contributed by atoms with E-state index in [1.165, 1.54) is 17.7 Å². The van der Waals surface area contributed by atoms with E-state index in [0.29, 0.717) is 12.1 Å². The number of amides is 1. The number of nitrogens with zero attached hydrogens (tertiary/aromatic N) is 2. The first-order valence-corrected chi connectivity index (χ1v) is 9.10. The molecule has 1 aromatic rings. The molecule has 24 heavy (non-hydrogen) atoms. The fraction of sp³-hybridized carbons (Fsp3) is 0.778. The Balaban J connectivity index is 1.62. The Morgan fingerprint density at radius 1 is 1.25 bits per heavy atom. The summed E-state index contributed by atoms with van der Waals surface area (Å²) in [5.74, 6) is 0. The maximum absolute atomic E-state index is 12.1. The third-order valence-electron chi connectivity index (χ3n) is 5.01. The Morgan fingerprint density at radius 3 is 2.75 bits per heavy atom. The molecule has 0 saturated heterocycles. The van der Waals surface area contributed by atoms with Crippen molar-refractivity contribution in [3.05, 3.63) is 17.5 Å². The molecule has 6 nitrogen and oxygen atoms in total. The zero-order chi connectivity index (χ0) is 17.3. The number of aromatic nitrogens is 2. The van der Waals surface area contributed by atoms with Crippen molar-refractivity contribution in [2.24, 2.45) is 7.05 Å². The van der Waals surface area contributed by atoms with Gasteiger partial charge in [-0.05, 0) is 59.3 Å². The van der Waals surface area contributed by atoms with Crippen molar-refractivity contribution in [1.82, 2.24) is 20.4 Å². The van der Waals surface area contributed by atoms with Gasteiger partial charge < -0.3 is 15.4 Å². The van der Waals surface area contributed by atoms with Gasteiger partial charge in [-0.15, -0.1) is 0 Å². The van der Waals surface area contributed by atoms with Gasteiger partial charge in [-0.2, -0.15) is 5.10 Å². The van der Waals surface area contributed by atoms with Gasteiger partial charge in [0, 0.05) is 36.4 Å². The van der Waals surface area contributed by atoms with Crippen molar-refractivity contribution in [3.8, 4) is 0 Å². The molecule has 2 N–H and O–H groups in total. The third-order valence-corrected chi connectivity index (χ3v) is 5.01. The van der Waals surface area contributed by atoms with Crippen LogP contribution in [-0.2, 0) is 18.2 Å². The lowest BCUT2D eigenvalue weighted by Gasteiger charge is -2.30. The molecule has 0 aromatic carbocycles. The summed E-state index contributed by atoms with van der Waals surface area (Å²) in [7, 11) is 2.02. The number of nitrogens with one attached hydrogen (secondary N) is 2. The van der Waals surface area contributed by atoms with E-state index < -0.39 is 5.60 Å². The van der Waals surface area contributed by atoms with Crippen LogP contribution in [0.3, 0.4) is 0 Å². The highest BCUT2D eigenvalue weighted by molar-refractivity contribution is 5.68. The van der Waals surface area contributed by atoms with Crippen LogP contribution >= 0.6 is 0 Å². The van der Waals surface area contributed by atoms with E-state index in [1.807, 2.05) is 38.7 Å². The maximum Gasteiger partial charge on any atom is 0.407 e. The van der Waals surface area contributed by atoms with E-state index in [2.05, 4.69) is 15.7 Å². The Bertz CT molecular complexity index is 590. The van der Waals surface area contributed by atoms with E-state index in [1.54, 1.807) is 0 Å². The third kappa shape index (κ3) is 3.91. The largest absolute Gasteiger partial charge is 0.444 e. The quantitative estimate of drug-likeness (QED) is 0.892. The van der Waals surface area contributed by atoms with E-state index in [4.69, 9.17) is 4.74 Å². The second kappa shape index (κ2) is 6.75. The number of carbonyl (C=O) groups excluding carboxylic acids is 1. The zero-order valence-electron chi connectivity index (χ0n) is 15.3. The van der Waals surface area contributed by atoms with Crippen LogP contribution in [0.15, 0.2) is 6.20 Å². The van der Waals surface area contributed by atoms with E-state index in [0.717, 1.165) is 32.1 Å². The molecule has 134 valence electrons. The molecule has 0 radical (unpaired) electrons. The number of carbonyl (C=O) groups is 1. The minimum atomic E-state index is -0.459. The van der Waals surface area contributed by atoms with Crippen molar-refractivity contribution in [2.45, 2.75) is 83.0 Å². The van der Waals surface area contributed by atoms with Gasteiger partial charge in [-0.3, -0.25) is 4.68 Å². The first kappa shape index (κ1) is 17.3. The van der Waals surface area contributed by atoms with E-state index >= 15 is 0 Å². The molecule has 2 aliphatic rings. The Morgan fingerprint density at radius 2 is 2.00 bits per heavy atom. The van der Waals surface area contributed by atoms with Gasteiger partial charge in [0.05, 0.1) is 6.20 Å². The van der Waals surface area contributed by atoms with Gasteiger partial charge in [-0.25, -0.2) is 4.79 Å². The minimum absolute atomic E-state index is 0.141. The van der Waals surface area contributed by atoms with Crippen LogP contribution in [0.4, 0.5) is 4.79 Å². The maximum atomic E-state index is 12.1. The predicted molar refractivity (Wildman–Crippen MR) is 92.8 cm³/mol. The predicted octanol–water partition coefficient (Wildman–Crippen LogP) is 2.83. The molecule has 1 fully saturated rings. The second-order valence-corrected chi connectivity index (χ2v) is 8.07. The molecular weight excluding hydrogens is 304 g/mol. The van der Waals surface area contributed by atoms with Crippen LogP contribution in [0.25, 0.3) is 0 Å². The number of fused-ring (bicyclic) bond motifs is 1. The lowest BCUT2D eigenvalue weighted by atomic mass is 9.92. The lowest BCUT2D eigenvalue weighted by molar-refractivity contribution is 0.0496. The summed E-state index contributed by atoms with van der Waals surface area (Å²) >= 11 is 0. The summed E-state index contributed by atoms with van der Waals surface area (Å²) in [6.07, 6.45) is 8.33. The molecule has 1 aromatic heterocycles. The Hall–Kier alpha value is -1.56. The van der Waals surface area contributed by atoms with Crippen molar-refractivity contribution in [2.75, 3.05) is 0 Å². The molecule has 3 atom stereocenters. The molecule has 3 rings (SSSR count). The van der Waals surface area contributed by atoms with Crippen molar-refractivity contribution in [1.29, 1.82) is 0 Å². The lowest BCUT2D eigenvalue weighted by Crippen LogP contribution is -2.49. The van der Waals surface area contributed by atoms with Gasteiger partial charge in [0.1, 0.15) is 5.60 Å². The van der Waals surface area contributed by atoms with Crippen LogP contribution in [0, 0.1) is 0 Å². The summed E-state index contributed by atoms with van der Waals surface area (Å²) in [5, 5.41) is 11.3. The molecule has 3 unspecified atom stereocenters. The van der Waals surface area contributed by atoms with Crippen LogP contribution in [0.5, 0.6) is 0 Å². The van der Waals surface area contributed by atoms with Gasteiger partial charge >= 0.3 is 6.09 Å². The molecule has 0 bridgehead atoms. The first-order valence-electron chi connectivity index (χ1n) is 9.10. The monoisotopic (exact) mass is 334 g/mol. The minimum Gasteiger partial charge on any atom is -0.444 e. The normalized spacial score (nSPS) is 26.9. The summed E-state index contributed by atoms with van der Waals surface area (Å²) in [5.41, 5.74) is 2.21. The van der Waals surface area contributed by atoms with Gasteiger partial charge in [0.2, 0.25) is 0 Å². The fourth-order valence-corrected chi connectivity index (χ4v) is 3.93. The molecule has 2 aliphatic carbocycles. The molecule has 0 aliphatic heterocycles. The molecular formula is C18H30N4O2. The number of alkyl carbamates (subject to hydrolysis) is 1. The standard InChI is InChI=1S/C18H30N4O2/c1-18(2,3)24-17(23)21-15-9-5-8-14(15)20-13-7-6-10-16-12(13)11-19-22(16)4/h11,13-15,20H,5-10H2,1-4H3,(H,21,23). The molecule has 1 saturated carbocycles. The average Bonchev–Trinajstić information content (AvgIpc) is 3.06. The summed E-state index contributed by atoms with van der Waals surface area (Å²) in [6, 6.07) is 0.782. The van der Waals surface area contributed by atoms with Crippen molar-refractivity contribution >= 4 is 6.09 Å². The highest BCUT2D eigenvalue weighted by Gasteiger charge is 2.33. The number of rotatable bonds is 3. The molecule has 0 spiro atoms. The van der Waals surface area contributed by atoms with Crippen LogP contribution in [0.1, 0.15) is 70.2 Å². The molecule has 6 heteroatoms. The van der Waals surface area contributed by atoms with E-state index in [9.17, 15) is 4.79 Å². The van der Waals surface area contributed by atoms with Gasteiger partial charge in [0.25, 0.3) is 0 Å². The molecule has 1 amide bonds. The zero-order valence-corrected chi connectivity index (χ0v) is 15.3. The number of hydrogen-bond donors (Lipinski definition) is 2. The Kier molecular flexibility index (Phi) is 4.85. The first-order chi connectivity index (χ1) is 11.3. The van der Waals surface area contributed by atoms with Gasteiger partial charge in [0.15, 0.2) is 0 Å². The van der Waals surface area contributed by atoms with Gasteiger partial charge in [-0.1, -0.05) is 0 Å². The summed E-state index contributed by atoms with van der Waals surface area (Å²) in [4.78, 5) is 12.1. The number of aryl methyl sites for hydroxylation is 1. The van der Waals surface area contributed by atoms with Crippen LogP contribution in [-0.4, -0.2) is 33.6 Å². The van der Waals surface area contributed by atoms with Crippen LogP contribution < -0.4 is 10.6 Å². The SMILES string of the molecule is Cn1ncc2c1CCCC2NC1CCCC1NC(=O)OC(C)(C)C. The Labute approximate surface area is 144 Å². The average molecular weight is 334 g/mol. The van der Waals surface area contributed by atoms with Crippen molar-refractivity contribution < 1.29 is 9.53 Å². The number of ether oxygens (including phenoxy) is 1. The van der Waals surface area contributed by atoms with E-state index in [-0.39, 0.29) is 12.1 Å². The summed E-state index contributed by atoms with van der Waals surface area (Å²) < 4.78 is 7.40. The highest BCUT2D eigenvalue weighted by atomic mass is 16.6. The van der Waals surface area contributed by atoms with Crippen molar-refractivity contribution in [3.63, 3.8) is 0 Å². The number of hydrogen-bond acceptors (Lipinski definition) is 4. The topological polar surface area (TPSA) is 68.2 Å². The second-order valence-electron chi connectivity index (χ2n) is 8.07. The smallest absolute Gasteiger partial charge is 0.407 e. The van der Waals surface area contributed by atoms with Crippen LogP contribution in [0.2, 0.25) is 0 Å².